The maximum Gasteiger partial charge on any atom is 0.253 e. The van der Waals surface area contributed by atoms with Crippen LogP contribution in [0.3, 0.4) is 0 Å². The van der Waals surface area contributed by atoms with Crippen LogP contribution in [0.25, 0.3) is 0 Å². The summed E-state index contributed by atoms with van der Waals surface area (Å²) in [6.45, 7) is 1.48. The van der Waals surface area contributed by atoms with E-state index in [0.717, 1.165) is 0 Å². The molecule has 0 aliphatic carbocycles. The molecule has 1 aliphatic heterocycles. The van der Waals surface area contributed by atoms with Crippen LogP contribution in [0.4, 0.5) is 11.4 Å². The summed E-state index contributed by atoms with van der Waals surface area (Å²) in [6, 6.07) is 12.8. The monoisotopic (exact) mass is 357 g/mol. The second kappa shape index (κ2) is 6.94. The minimum atomic E-state index is -0.817. The molecule has 128 valence electrons. The number of carbonyl (C=O) groups excluding carboxylic acids is 3. The van der Waals surface area contributed by atoms with Gasteiger partial charge in [0.05, 0.1) is 22.0 Å². The number of nitrogens with zero attached hydrogens (tertiary/aromatic N) is 1. The van der Waals surface area contributed by atoms with Gasteiger partial charge in [0.2, 0.25) is 11.8 Å². The average Bonchev–Trinajstić information content (AvgIpc) is 2.60. The fraction of sp³-hybridized carbons (Fsp3) is 0.167. The van der Waals surface area contributed by atoms with Gasteiger partial charge < -0.3 is 10.6 Å². The Morgan fingerprint density at radius 3 is 2.60 bits per heavy atom. The third-order valence-electron chi connectivity index (χ3n) is 3.87. The number of halogens is 1. The van der Waals surface area contributed by atoms with Gasteiger partial charge in [-0.2, -0.15) is 0 Å². The van der Waals surface area contributed by atoms with Gasteiger partial charge >= 0.3 is 0 Å². The van der Waals surface area contributed by atoms with Crippen LogP contribution in [0.5, 0.6) is 0 Å². The number of fused-ring (bicyclic) bond motifs is 1. The maximum absolute atomic E-state index is 12.8. The highest BCUT2D eigenvalue weighted by Gasteiger charge is 2.30. The predicted octanol–water partition coefficient (Wildman–Crippen LogP) is 2.44. The van der Waals surface area contributed by atoms with E-state index < -0.39 is 11.9 Å². The van der Waals surface area contributed by atoms with E-state index in [0.29, 0.717) is 22.0 Å². The van der Waals surface area contributed by atoms with Crippen LogP contribution < -0.4 is 15.5 Å². The molecule has 1 atom stereocenters. The lowest BCUT2D eigenvalue weighted by atomic mass is 10.1. The zero-order valence-electron chi connectivity index (χ0n) is 13.5. The Morgan fingerprint density at radius 2 is 1.84 bits per heavy atom. The van der Waals surface area contributed by atoms with Gasteiger partial charge in [-0.05, 0) is 31.2 Å². The van der Waals surface area contributed by atoms with Crippen molar-refractivity contribution in [1.82, 2.24) is 5.32 Å². The van der Waals surface area contributed by atoms with E-state index in [1.165, 1.54) is 4.90 Å². The molecule has 6 nitrogen and oxygen atoms in total. The van der Waals surface area contributed by atoms with E-state index in [1.807, 2.05) is 0 Å². The van der Waals surface area contributed by atoms with E-state index in [9.17, 15) is 14.4 Å². The van der Waals surface area contributed by atoms with Crippen LogP contribution in [0.2, 0.25) is 5.02 Å². The third kappa shape index (κ3) is 3.49. The molecule has 2 aromatic carbocycles. The Morgan fingerprint density at radius 1 is 1.16 bits per heavy atom. The molecule has 1 unspecified atom stereocenters. The number of carbonyl (C=O) groups is 3. The van der Waals surface area contributed by atoms with Crippen molar-refractivity contribution in [2.24, 2.45) is 0 Å². The summed E-state index contributed by atoms with van der Waals surface area (Å²) in [4.78, 5) is 38.3. The highest BCUT2D eigenvalue weighted by atomic mass is 35.5. The van der Waals surface area contributed by atoms with Gasteiger partial charge in [-0.15, -0.1) is 0 Å². The van der Waals surface area contributed by atoms with E-state index in [4.69, 9.17) is 11.6 Å². The van der Waals surface area contributed by atoms with Gasteiger partial charge in [0.15, 0.2) is 0 Å². The number of hydrogen-bond acceptors (Lipinski definition) is 3. The molecule has 0 aromatic heterocycles. The summed E-state index contributed by atoms with van der Waals surface area (Å²) in [7, 11) is 0. The first-order valence-corrected chi connectivity index (χ1v) is 8.11. The summed E-state index contributed by atoms with van der Waals surface area (Å²) in [5, 5.41) is 5.66. The molecule has 0 fully saturated rings. The Hall–Kier alpha value is -2.86. The number of anilines is 2. The topological polar surface area (TPSA) is 78.5 Å². The van der Waals surface area contributed by atoms with E-state index in [-0.39, 0.29) is 18.4 Å². The molecular formula is C18H16ClN3O3. The normalized spacial score (nSPS) is 14.3. The summed E-state index contributed by atoms with van der Waals surface area (Å²) >= 11 is 6.01. The molecule has 0 saturated carbocycles. The van der Waals surface area contributed by atoms with Crippen molar-refractivity contribution in [3.05, 3.63) is 59.1 Å². The standard InChI is InChI=1S/C18H16ClN3O3/c1-11(20-17(24)12-6-2-3-7-13(12)19)18(25)22-10-16(23)21-14-8-4-5-9-15(14)22/h2-9,11H,10H2,1H3,(H,20,24)(H,21,23). The van der Waals surface area contributed by atoms with Gasteiger partial charge in [0, 0.05) is 0 Å². The van der Waals surface area contributed by atoms with Crippen molar-refractivity contribution >= 4 is 40.7 Å². The first-order chi connectivity index (χ1) is 12.0. The van der Waals surface area contributed by atoms with Crippen LogP contribution in [-0.4, -0.2) is 30.3 Å². The lowest BCUT2D eigenvalue weighted by molar-refractivity contribution is -0.122. The highest BCUT2D eigenvalue weighted by Crippen LogP contribution is 2.29. The number of nitrogens with one attached hydrogen (secondary N) is 2. The van der Waals surface area contributed by atoms with Crippen molar-refractivity contribution in [3.8, 4) is 0 Å². The number of rotatable bonds is 3. The Balaban J connectivity index is 1.78. The van der Waals surface area contributed by atoms with Crippen molar-refractivity contribution in [1.29, 1.82) is 0 Å². The summed E-state index contributed by atoms with van der Waals surface area (Å²) in [5.74, 6) is -1.10. The van der Waals surface area contributed by atoms with Crippen molar-refractivity contribution in [2.45, 2.75) is 13.0 Å². The molecule has 2 aromatic rings. The fourth-order valence-corrected chi connectivity index (χ4v) is 2.87. The first kappa shape index (κ1) is 17.0. The van der Waals surface area contributed by atoms with Crippen LogP contribution in [-0.2, 0) is 9.59 Å². The Bertz CT molecular complexity index is 853. The molecule has 1 aliphatic rings. The zero-order valence-corrected chi connectivity index (χ0v) is 14.2. The van der Waals surface area contributed by atoms with Crippen LogP contribution >= 0.6 is 11.6 Å². The van der Waals surface area contributed by atoms with Gasteiger partial charge in [0.1, 0.15) is 12.6 Å². The average molecular weight is 358 g/mol. The number of benzene rings is 2. The Kier molecular flexibility index (Phi) is 4.72. The van der Waals surface area contributed by atoms with Gasteiger partial charge in [0.25, 0.3) is 5.91 Å². The third-order valence-corrected chi connectivity index (χ3v) is 4.20. The molecule has 0 saturated heterocycles. The van der Waals surface area contributed by atoms with Crippen molar-refractivity contribution in [2.75, 3.05) is 16.8 Å². The van der Waals surface area contributed by atoms with Crippen LogP contribution in [0.15, 0.2) is 48.5 Å². The smallest absolute Gasteiger partial charge is 0.253 e. The van der Waals surface area contributed by atoms with E-state index >= 15 is 0 Å². The molecule has 0 bridgehead atoms. The summed E-state index contributed by atoms with van der Waals surface area (Å²) < 4.78 is 0. The lowest BCUT2D eigenvalue weighted by Crippen LogP contribution is -2.51. The lowest BCUT2D eigenvalue weighted by Gasteiger charge is -2.31. The largest absolute Gasteiger partial charge is 0.340 e. The Labute approximate surface area is 149 Å². The van der Waals surface area contributed by atoms with E-state index in [1.54, 1.807) is 55.5 Å². The quantitative estimate of drug-likeness (QED) is 0.885. The molecule has 1 heterocycles. The number of para-hydroxylation sites is 2. The molecular weight excluding hydrogens is 342 g/mol. The molecule has 7 heteroatoms. The minimum absolute atomic E-state index is 0.0951. The fourth-order valence-electron chi connectivity index (χ4n) is 2.65. The zero-order chi connectivity index (χ0) is 18.0. The molecule has 2 N–H and O–H groups in total. The highest BCUT2D eigenvalue weighted by molar-refractivity contribution is 6.33. The second-order valence-corrected chi connectivity index (χ2v) is 6.07. The summed E-state index contributed by atoms with van der Waals surface area (Å²) in [5.41, 5.74) is 1.46. The number of amides is 3. The molecule has 3 rings (SSSR count). The second-order valence-electron chi connectivity index (χ2n) is 5.66. The SMILES string of the molecule is CC(NC(=O)c1ccccc1Cl)C(=O)N1CC(=O)Nc2ccccc21. The van der Waals surface area contributed by atoms with Gasteiger partial charge in [-0.1, -0.05) is 35.9 Å². The van der Waals surface area contributed by atoms with Crippen molar-refractivity contribution in [3.63, 3.8) is 0 Å². The molecule has 25 heavy (non-hydrogen) atoms. The van der Waals surface area contributed by atoms with Gasteiger partial charge in [-0.25, -0.2) is 0 Å². The first-order valence-electron chi connectivity index (χ1n) is 7.73. The molecule has 0 spiro atoms. The minimum Gasteiger partial charge on any atom is -0.340 e. The van der Waals surface area contributed by atoms with Crippen LogP contribution in [0.1, 0.15) is 17.3 Å². The van der Waals surface area contributed by atoms with Crippen LogP contribution in [0, 0.1) is 0 Å². The van der Waals surface area contributed by atoms with Gasteiger partial charge in [-0.3, -0.25) is 19.3 Å². The van der Waals surface area contributed by atoms with Crippen molar-refractivity contribution < 1.29 is 14.4 Å². The van der Waals surface area contributed by atoms with E-state index in [2.05, 4.69) is 10.6 Å². The molecule has 0 radical (unpaired) electrons. The maximum atomic E-state index is 12.8. The predicted molar refractivity (Wildman–Crippen MR) is 95.8 cm³/mol. The number of hydrogen-bond donors (Lipinski definition) is 2. The molecule has 3 amide bonds. The summed E-state index contributed by atoms with van der Waals surface area (Å²) in [6.07, 6.45) is 0.